The molecule has 1 amide bonds. The quantitative estimate of drug-likeness (QED) is 0.733. The van der Waals surface area contributed by atoms with Gasteiger partial charge in [-0.05, 0) is 37.5 Å². The topological polar surface area (TPSA) is 84.6 Å². The second-order valence-corrected chi connectivity index (χ2v) is 5.85. The van der Waals surface area contributed by atoms with Gasteiger partial charge in [0.25, 0.3) is 0 Å². The summed E-state index contributed by atoms with van der Waals surface area (Å²) in [6.07, 6.45) is 2.66. The number of nitrogens with one attached hydrogen (secondary N) is 1. The minimum atomic E-state index is -0.753. The summed E-state index contributed by atoms with van der Waals surface area (Å²) < 4.78 is 5.50. The maximum absolute atomic E-state index is 12.0. The number of benzene rings is 1. The zero-order valence-corrected chi connectivity index (χ0v) is 12.5. The number of ether oxygens (including phenoxy) is 1. The summed E-state index contributed by atoms with van der Waals surface area (Å²) in [6.45, 7) is 2.27. The zero-order valence-electron chi connectivity index (χ0n) is 12.5. The van der Waals surface area contributed by atoms with E-state index in [1.165, 1.54) is 0 Å². The lowest BCUT2D eigenvalue weighted by Gasteiger charge is -2.23. The van der Waals surface area contributed by atoms with Crippen LogP contribution in [0.2, 0.25) is 0 Å². The first-order valence-electron chi connectivity index (χ1n) is 7.44. The Morgan fingerprint density at radius 2 is 2.19 bits per heavy atom. The highest BCUT2D eigenvalue weighted by Crippen LogP contribution is 2.27. The van der Waals surface area contributed by atoms with Gasteiger partial charge < -0.3 is 20.9 Å². The summed E-state index contributed by atoms with van der Waals surface area (Å²) >= 11 is 0. The minimum Gasteiger partial charge on any atom is -0.491 e. The van der Waals surface area contributed by atoms with Gasteiger partial charge in [0.1, 0.15) is 18.5 Å². The highest BCUT2D eigenvalue weighted by atomic mass is 16.5. The van der Waals surface area contributed by atoms with E-state index >= 15 is 0 Å². The average Bonchev–Trinajstić information content (AvgIpc) is 2.91. The zero-order chi connectivity index (χ0) is 15.3. The van der Waals surface area contributed by atoms with E-state index in [4.69, 9.17) is 10.5 Å². The second kappa shape index (κ2) is 6.91. The molecule has 1 aromatic carbocycles. The normalized spacial score (nSPS) is 18.2. The third kappa shape index (κ3) is 4.44. The van der Waals surface area contributed by atoms with Crippen LogP contribution < -0.4 is 15.8 Å². The van der Waals surface area contributed by atoms with E-state index in [-0.39, 0.29) is 19.1 Å². The second-order valence-electron chi connectivity index (χ2n) is 5.85. The fourth-order valence-electron chi connectivity index (χ4n) is 2.58. The van der Waals surface area contributed by atoms with Crippen molar-refractivity contribution in [2.45, 2.75) is 44.2 Å². The van der Waals surface area contributed by atoms with Crippen molar-refractivity contribution in [3.63, 3.8) is 0 Å². The third-order valence-corrected chi connectivity index (χ3v) is 3.88. The Morgan fingerprint density at radius 3 is 2.86 bits per heavy atom. The first kappa shape index (κ1) is 15.8. The van der Waals surface area contributed by atoms with Gasteiger partial charge in [0.15, 0.2) is 0 Å². The molecule has 0 bridgehead atoms. The number of carbonyl (C=O) groups excluding carboxylic acids is 1. The molecule has 0 aliphatic heterocycles. The lowest BCUT2D eigenvalue weighted by molar-refractivity contribution is -0.126. The SMILES string of the molecule is Cc1cccc(OCC(O)CNC(=O)C2(N)CCCC2)c1. The van der Waals surface area contributed by atoms with Crippen molar-refractivity contribution < 1.29 is 14.6 Å². The number of rotatable bonds is 6. The molecule has 1 aliphatic rings. The summed E-state index contributed by atoms with van der Waals surface area (Å²) in [6, 6.07) is 7.62. The predicted molar refractivity (Wildman–Crippen MR) is 81.1 cm³/mol. The molecule has 1 atom stereocenters. The van der Waals surface area contributed by atoms with Gasteiger partial charge >= 0.3 is 0 Å². The largest absolute Gasteiger partial charge is 0.491 e. The lowest BCUT2D eigenvalue weighted by Crippen LogP contribution is -2.53. The first-order valence-corrected chi connectivity index (χ1v) is 7.44. The van der Waals surface area contributed by atoms with E-state index in [1.54, 1.807) is 0 Å². The van der Waals surface area contributed by atoms with Gasteiger partial charge in [-0.15, -0.1) is 0 Å². The molecule has 1 aliphatic carbocycles. The van der Waals surface area contributed by atoms with E-state index in [9.17, 15) is 9.90 Å². The highest BCUT2D eigenvalue weighted by molar-refractivity contribution is 5.86. The Bertz CT molecular complexity index is 484. The molecule has 0 saturated heterocycles. The van der Waals surface area contributed by atoms with E-state index < -0.39 is 11.6 Å². The van der Waals surface area contributed by atoms with Crippen LogP contribution in [0, 0.1) is 6.92 Å². The summed E-state index contributed by atoms with van der Waals surface area (Å²) in [5.74, 6) is 0.543. The molecule has 0 radical (unpaired) electrons. The Labute approximate surface area is 125 Å². The number of nitrogens with two attached hydrogens (primary N) is 1. The number of carbonyl (C=O) groups is 1. The Kier molecular flexibility index (Phi) is 5.20. The van der Waals surface area contributed by atoms with Crippen molar-refractivity contribution in [3.05, 3.63) is 29.8 Å². The van der Waals surface area contributed by atoms with Crippen LogP contribution in [0.25, 0.3) is 0 Å². The molecule has 5 heteroatoms. The molecular formula is C16H24N2O3. The van der Waals surface area contributed by atoms with E-state index in [2.05, 4.69) is 5.32 Å². The third-order valence-electron chi connectivity index (χ3n) is 3.88. The molecule has 5 nitrogen and oxygen atoms in total. The number of aliphatic hydroxyl groups is 1. The van der Waals surface area contributed by atoms with Crippen molar-refractivity contribution in [2.75, 3.05) is 13.2 Å². The number of aryl methyl sites for hydroxylation is 1. The Hall–Kier alpha value is -1.59. The maximum atomic E-state index is 12.0. The van der Waals surface area contributed by atoms with E-state index in [0.29, 0.717) is 18.6 Å². The summed E-state index contributed by atoms with van der Waals surface area (Å²) in [5, 5.41) is 12.6. The van der Waals surface area contributed by atoms with Gasteiger partial charge in [0.2, 0.25) is 5.91 Å². The Morgan fingerprint density at radius 1 is 1.48 bits per heavy atom. The van der Waals surface area contributed by atoms with Gasteiger partial charge in [0, 0.05) is 6.54 Å². The molecule has 0 heterocycles. The van der Waals surface area contributed by atoms with Gasteiger partial charge in [-0.2, -0.15) is 0 Å². The van der Waals surface area contributed by atoms with Crippen LogP contribution in [-0.4, -0.2) is 35.8 Å². The van der Waals surface area contributed by atoms with Crippen molar-refractivity contribution in [3.8, 4) is 5.75 Å². The van der Waals surface area contributed by atoms with E-state index in [0.717, 1.165) is 18.4 Å². The highest BCUT2D eigenvalue weighted by Gasteiger charge is 2.36. The Balaban J connectivity index is 1.72. The molecule has 4 N–H and O–H groups in total. The number of hydrogen-bond acceptors (Lipinski definition) is 4. The molecule has 21 heavy (non-hydrogen) atoms. The molecule has 1 aromatic rings. The lowest BCUT2D eigenvalue weighted by atomic mass is 9.98. The van der Waals surface area contributed by atoms with Gasteiger partial charge in [0.05, 0.1) is 5.54 Å². The van der Waals surface area contributed by atoms with Gasteiger partial charge in [-0.3, -0.25) is 4.79 Å². The van der Waals surface area contributed by atoms with Gasteiger partial charge in [-0.1, -0.05) is 25.0 Å². The maximum Gasteiger partial charge on any atom is 0.240 e. The molecule has 1 fully saturated rings. The van der Waals surface area contributed by atoms with Crippen molar-refractivity contribution in [1.82, 2.24) is 5.32 Å². The van der Waals surface area contributed by atoms with Crippen LogP contribution in [0.15, 0.2) is 24.3 Å². The van der Waals surface area contributed by atoms with Crippen LogP contribution >= 0.6 is 0 Å². The van der Waals surface area contributed by atoms with Crippen LogP contribution in [0.4, 0.5) is 0 Å². The predicted octanol–water partition coefficient (Wildman–Crippen LogP) is 1.12. The van der Waals surface area contributed by atoms with Gasteiger partial charge in [-0.25, -0.2) is 0 Å². The van der Waals surface area contributed by atoms with E-state index in [1.807, 2.05) is 31.2 Å². The monoisotopic (exact) mass is 292 g/mol. The molecule has 0 aromatic heterocycles. The summed E-state index contributed by atoms with van der Waals surface area (Å²) in [4.78, 5) is 12.0. The summed E-state index contributed by atoms with van der Waals surface area (Å²) in [7, 11) is 0. The standard InChI is InChI=1S/C16H24N2O3/c1-12-5-4-6-14(9-12)21-11-13(19)10-18-15(20)16(17)7-2-3-8-16/h4-6,9,13,19H,2-3,7-8,10-11,17H2,1H3,(H,18,20). The summed E-state index contributed by atoms with van der Waals surface area (Å²) in [5.41, 5.74) is 6.39. The smallest absolute Gasteiger partial charge is 0.240 e. The molecule has 1 unspecified atom stereocenters. The fourth-order valence-corrected chi connectivity index (χ4v) is 2.58. The number of aliphatic hydroxyl groups excluding tert-OH is 1. The average molecular weight is 292 g/mol. The number of hydrogen-bond donors (Lipinski definition) is 3. The fraction of sp³-hybridized carbons (Fsp3) is 0.562. The van der Waals surface area contributed by atoms with Crippen molar-refractivity contribution >= 4 is 5.91 Å². The number of amides is 1. The minimum absolute atomic E-state index is 0.140. The molecule has 0 spiro atoms. The molecular weight excluding hydrogens is 268 g/mol. The van der Waals surface area contributed by atoms with Crippen LogP contribution in [0.5, 0.6) is 5.75 Å². The van der Waals surface area contributed by atoms with Crippen LogP contribution in [0.1, 0.15) is 31.2 Å². The van der Waals surface area contributed by atoms with Crippen molar-refractivity contribution in [2.24, 2.45) is 5.73 Å². The van der Waals surface area contributed by atoms with Crippen LogP contribution in [-0.2, 0) is 4.79 Å². The van der Waals surface area contributed by atoms with Crippen LogP contribution in [0.3, 0.4) is 0 Å². The first-order chi connectivity index (χ1) is 9.99. The molecule has 2 rings (SSSR count). The molecule has 116 valence electrons. The van der Waals surface area contributed by atoms with Crippen molar-refractivity contribution in [1.29, 1.82) is 0 Å². The molecule has 1 saturated carbocycles.